The van der Waals surface area contributed by atoms with Crippen molar-refractivity contribution in [3.05, 3.63) is 30.0 Å². The lowest BCUT2D eigenvalue weighted by molar-refractivity contribution is 0.236. The summed E-state index contributed by atoms with van der Waals surface area (Å²) in [5.41, 5.74) is 0.772. The Kier molecular flexibility index (Phi) is 4.23. The molecule has 1 atom stereocenters. The first-order valence-corrected chi connectivity index (χ1v) is 6.18. The quantitative estimate of drug-likeness (QED) is 0.824. The summed E-state index contributed by atoms with van der Waals surface area (Å²) in [6.45, 7) is 2.78. The average molecular weight is 249 g/mol. The molecule has 0 spiro atoms. The van der Waals surface area contributed by atoms with Crippen LogP contribution in [0.15, 0.2) is 28.7 Å². The highest BCUT2D eigenvalue weighted by molar-refractivity contribution is 5.83. The second-order valence-corrected chi connectivity index (χ2v) is 4.26. The van der Waals surface area contributed by atoms with Crippen LogP contribution in [0.2, 0.25) is 0 Å². The van der Waals surface area contributed by atoms with Crippen molar-refractivity contribution in [3.8, 4) is 5.75 Å². The molecule has 2 aromatic rings. The summed E-state index contributed by atoms with van der Waals surface area (Å²) in [6, 6.07) is 7.92. The van der Waals surface area contributed by atoms with Crippen molar-refractivity contribution in [1.82, 2.24) is 5.32 Å². The van der Waals surface area contributed by atoms with Gasteiger partial charge in [-0.2, -0.15) is 0 Å². The molecule has 0 aliphatic rings. The fraction of sp³-hybridized carbons (Fsp3) is 0.429. The van der Waals surface area contributed by atoms with Crippen LogP contribution < -0.4 is 10.1 Å². The van der Waals surface area contributed by atoms with Gasteiger partial charge in [0.2, 0.25) is 0 Å². The molecule has 1 aromatic carbocycles. The van der Waals surface area contributed by atoms with Crippen LogP contribution in [0.5, 0.6) is 5.75 Å². The number of benzene rings is 1. The first kappa shape index (κ1) is 12.9. The molecule has 4 nitrogen and oxygen atoms in total. The Morgan fingerprint density at radius 3 is 2.94 bits per heavy atom. The molecular weight excluding hydrogens is 230 g/mol. The minimum atomic E-state index is 0.111. The summed E-state index contributed by atoms with van der Waals surface area (Å²) in [5.74, 6) is 1.59. The van der Waals surface area contributed by atoms with E-state index in [-0.39, 0.29) is 12.6 Å². The van der Waals surface area contributed by atoms with Crippen molar-refractivity contribution in [1.29, 1.82) is 0 Å². The third kappa shape index (κ3) is 2.66. The predicted molar refractivity (Wildman–Crippen MR) is 70.8 cm³/mol. The highest BCUT2D eigenvalue weighted by atomic mass is 16.5. The van der Waals surface area contributed by atoms with E-state index in [9.17, 15) is 0 Å². The third-order valence-corrected chi connectivity index (χ3v) is 3.06. The third-order valence-electron chi connectivity index (χ3n) is 3.06. The standard InChI is InChI=1S/C14H19NO3/c1-3-11(9-16)15-8-12-7-10-5-4-6-13(17-2)14(10)18-12/h4-7,11,15-16H,3,8-9H2,1-2H3/t11-/m0/s1. The van der Waals surface area contributed by atoms with Gasteiger partial charge in [0.05, 0.1) is 20.3 Å². The minimum absolute atomic E-state index is 0.111. The Hall–Kier alpha value is -1.52. The largest absolute Gasteiger partial charge is 0.493 e. The molecular formula is C14H19NO3. The van der Waals surface area contributed by atoms with E-state index in [4.69, 9.17) is 14.3 Å². The Labute approximate surface area is 107 Å². The number of nitrogens with one attached hydrogen (secondary N) is 1. The number of fused-ring (bicyclic) bond motifs is 1. The van der Waals surface area contributed by atoms with Crippen molar-refractivity contribution in [2.75, 3.05) is 13.7 Å². The fourth-order valence-electron chi connectivity index (χ4n) is 1.92. The molecule has 2 N–H and O–H groups in total. The molecule has 0 bridgehead atoms. The van der Waals surface area contributed by atoms with E-state index in [0.29, 0.717) is 6.54 Å². The van der Waals surface area contributed by atoms with Crippen molar-refractivity contribution >= 4 is 11.0 Å². The van der Waals surface area contributed by atoms with E-state index in [1.165, 1.54) is 0 Å². The molecule has 98 valence electrons. The number of aliphatic hydroxyl groups excluding tert-OH is 1. The van der Waals surface area contributed by atoms with E-state index < -0.39 is 0 Å². The van der Waals surface area contributed by atoms with Gasteiger partial charge in [-0.25, -0.2) is 0 Å². The summed E-state index contributed by atoms with van der Waals surface area (Å²) in [4.78, 5) is 0. The molecule has 0 saturated carbocycles. The molecule has 18 heavy (non-hydrogen) atoms. The van der Waals surface area contributed by atoms with Crippen LogP contribution in [0.3, 0.4) is 0 Å². The van der Waals surface area contributed by atoms with Crippen LogP contribution in [0.1, 0.15) is 19.1 Å². The molecule has 0 fully saturated rings. The molecule has 1 aromatic heterocycles. The van der Waals surface area contributed by atoms with E-state index >= 15 is 0 Å². The lowest BCUT2D eigenvalue weighted by Gasteiger charge is -2.12. The number of hydrogen-bond donors (Lipinski definition) is 2. The van der Waals surface area contributed by atoms with Crippen molar-refractivity contribution in [2.24, 2.45) is 0 Å². The fourth-order valence-corrected chi connectivity index (χ4v) is 1.92. The number of ether oxygens (including phenoxy) is 1. The lowest BCUT2D eigenvalue weighted by Crippen LogP contribution is -2.30. The van der Waals surface area contributed by atoms with Crippen molar-refractivity contribution in [2.45, 2.75) is 25.9 Å². The SMILES string of the molecule is CC[C@@H](CO)NCc1cc2cccc(OC)c2o1. The van der Waals surface area contributed by atoms with Crippen LogP contribution in [-0.4, -0.2) is 24.9 Å². The van der Waals surface area contributed by atoms with Crippen LogP contribution in [-0.2, 0) is 6.54 Å². The Balaban J connectivity index is 2.15. The number of aliphatic hydroxyl groups is 1. The lowest BCUT2D eigenvalue weighted by atomic mass is 10.2. The normalized spacial score (nSPS) is 12.8. The molecule has 0 unspecified atom stereocenters. The smallest absolute Gasteiger partial charge is 0.176 e. The van der Waals surface area contributed by atoms with Crippen LogP contribution in [0.4, 0.5) is 0 Å². The molecule has 0 aliphatic carbocycles. The maximum absolute atomic E-state index is 9.11. The van der Waals surface area contributed by atoms with E-state index in [2.05, 4.69) is 5.32 Å². The van der Waals surface area contributed by atoms with Crippen LogP contribution in [0.25, 0.3) is 11.0 Å². The van der Waals surface area contributed by atoms with E-state index in [1.807, 2.05) is 31.2 Å². The molecule has 2 rings (SSSR count). The van der Waals surface area contributed by atoms with E-state index in [0.717, 1.165) is 28.9 Å². The van der Waals surface area contributed by atoms with Crippen molar-refractivity contribution in [3.63, 3.8) is 0 Å². The van der Waals surface area contributed by atoms with Crippen LogP contribution in [0, 0.1) is 0 Å². The van der Waals surface area contributed by atoms with Gasteiger partial charge in [-0.3, -0.25) is 0 Å². The molecule has 1 heterocycles. The Bertz CT molecular complexity index is 503. The second kappa shape index (κ2) is 5.89. The Morgan fingerprint density at radius 2 is 2.28 bits per heavy atom. The van der Waals surface area contributed by atoms with Gasteiger partial charge in [0.25, 0.3) is 0 Å². The van der Waals surface area contributed by atoms with Gasteiger partial charge < -0.3 is 19.6 Å². The van der Waals surface area contributed by atoms with Gasteiger partial charge in [-0.05, 0) is 18.6 Å². The zero-order chi connectivity index (χ0) is 13.0. The first-order chi connectivity index (χ1) is 8.78. The van der Waals surface area contributed by atoms with Gasteiger partial charge in [-0.15, -0.1) is 0 Å². The minimum Gasteiger partial charge on any atom is -0.493 e. The number of methoxy groups -OCH3 is 1. The van der Waals surface area contributed by atoms with Gasteiger partial charge in [0.15, 0.2) is 11.3 Å². The molecule has 0 amide bonds. The van der Waals surface area contributed by atoms with Crippen molar-refractivity contribution < 1.29 is 14.3 Å². The zero-order valence-corrected chi connectivity index (χ0v) is 10.8. The van der Waals surface area contributed by atoms with E-state index in [1.54, 1.807) is 7.11 Å². The number of para-hydroxylation sites is 1. The average Bonchev–Trinajstić information content (AvgIpc) is 2.82. The maximum Gasteiger partial charge on any atom is 0.176 e. The number of furan rings is 1. The topological polar surface area (TPSA) is 54.6 Å². The maximum atomic E-state index is 9.11. The van der Waals surface area contributed by atoms with Gasteiger partial charge in [-0.1, -0.05) is 19.1 Å². The summed E-state index contributed by atoms with van der Waals surface area (Å²) in [5, 5.41) is 13.4. The number of rotatable bonds is 6. The number of hydrogen-bond acceptors (Lipinski definition) is 4. The van der Waals surface area contributed by atoms with Gasteiger partial charge in [0.1, 0.15) is 5.76 Å². The highest BCUT2D eigenvalue weighted by Crippen LogP contribution is 2.28. The predicted octanol–water partition coefficient (Wildman–Crippen LogP) is 2.30. The molecule has 4 heteroatoms. The van der Waals surface area contributed by atoms with Crippen LogP contribution >= 0.6 is 0 Å². The summed E-state index contributed by atoms with van der Waals surface area (Å²) in [7, 11) is 1.63. The first-order valence-electron chi connectivity index (χ1n) is 6.18. The molecule has 0 radical (unpaired) electrons. The van der Waals surface area contributed by atoms with Gasteiger partial charge >= 0.3 is 0 Å². The summed E-state index contributed by atoms with van der Waals surface area (Å²) >= 11 is 0. The van der Waals surface area contributed by atoms with Gasteiger partial charge in [0, 0.05) is 11.4 Å². The Morgan fingerprint density at radius 1 is 1.44 bits per heavy atom. The second-order valence-electron chi connectivity index (χ2n) is 4.26. The summed E-state index contributed by atoms with van der Waals surface area (Å²) in [6.07, 6.45) is 0.889. The molecule has 0 saturated heterocycles. The molecule has 0 aliphatic heterocycles. The monoisotopic (exact) mass is 249 g/mol. The highest BCUT2D eigenvalue weighted by Gasteiger charge is 2.10. The summed E-state index contributed by atoms with van der Waals surface area (Å²) < 4.78 is 11.0. The zero-order valence-electron chi connectivity index (χ0n) is 10.8.